The third-order valence-electron chi connectivity index (χ3n) is 3.85. The molecule has 12 heteroatoms. The molecule has 0 saturated heterocycles. The maximum absolute atomic E-state index is 12.8. The summed E-state index contributed by atoms with van der Waals surface area (Å²) in [5.41, 5.74) is -1.57. The van der Waals surface area contributed by atoms with Crippen molar-refractivity contribution in [2.45, 2.75) is 38.2 Å². The molecule has 0 aliphatic carbocycles. The topological polar surface area (TPSA) is 104 Å². The highest BCUT2D eigenvalue weighted by Gasteiger charge is 2.35. The summed E-state index contributed by atoms with van der Waals surface area (Å²) in [6, 6.07) is 0.843. The molecule has 0 amide bonds. The molecule has 0 bridgehead atoms. The zero-order chi connectivity index (χ0) is 18.4. The van der Waals surface area contributed by atoms with Crippen molar-refractivity contribution < 1.29 is 27.8 Å². The minimum absolute atomic E-state index is 0.0167. The Hall–Kier alpha value is -2.79. The first-order valence-corrected chi connectivity index (χ1v) is 7.34. The number of aryl methyl sites for hydroxylation is 2. The van der Waals surface area contributed by atoms with Gasteiger partial charge in [-0.25, -0.2) is 18.8 Å². The Bertz CT molecular complexity index is 866. The summed E-state index contributed by atoms with van der Waals surface area (Å²) in [7, 11) is 1.16. The Morgan fingerprint density at radius 3 is 2.76 bits per heavy atom. The summed E-state index contributed by atoms with van der Waals surface area (Å²) in [4.78, 5) is 23.2. The van der Waals surface area contributed by atoms with Gasteiger partial charge in [0.05, 0.1) is 12.2 Å². The van der Waals surface area contributed by atoms with Crippen LogP contribution in [-0.4, -0.2) is 35.4 Å². The molecule has 0 fully saturated rings. The molecular weight excluding hydrogens is 347 g/mol. The van der Waals surface area contributed by atoms with Gasteiger partial charge in [-0.2, -0.15) is 23.4 Å². The van der Waals surface area contributed by atoms with E-state index in [4.69, 9.17) is 5.11 Å². The van der Waals surface area contributed by atoms with Crippen molar-refractivity contribution in [2.75, 3.05) is 0 Å². The van der Waals surface area contributed by atoms with E-state index in [1.807, 2.05) is 0 Å². The first-order chi connectivity index (χ1) is 11.7. The number of carbonyl (C=O) groups is 1. The highest BCUT2D eigenvalue weighted by atomic mass is 19.4. The summed E-state index contributed by atoms with van der Waals surface area (Å²) in [5.74, 6) is 0.328. The number of hydrogen-bond acceptors (Lipinski definition) is 5. The first-order valence-electron chi connectivity index (χ1n) is 7.34. The van der Waals surface area contributed by atoms with Crippen LogP contribution in [0.5, 0.6) is 0 Å². The van der Waals surface area contributed by atoms with Crippen LogP contribution in [0.4, 0.5) is 18.0 Å². The fourth-order valence-electron chi connectivity index (χ4n) is 2.84. The van der Waals surface area contributed by atoms with Crippen molar-refractivity contribution in [3.8, 4) is 0 Å². The fourth-order valence-corrected chi connectivity index (χ4v) is 2.84. The molecule has 1 N–H and O–H groups in total. The van der Waals surface area contributed by atoms with Crippen LogP contribution >= 0.6 is 0 Å². The van der Waals surface area contributed by atoms with Gasteiger partial charge >= 0.3 is 18.0 Å². The molecule has 2 aromatic heterocycles. The van der Waals surface area contributed by atoms with E-state index < -0.39 is 29.9 Å². The number of hydrogen-bond donors (Lipinski definition) is 1. The molecule has 3 heterocycles. The van der Waals surface area contributed by atoms with Crippen molar-refractivity contribution in [2.24, 2.45) is 7.05 Å². The van der Waals surface area contributed by atoms with Gasteiger partial charge in [0.25, 0.3) is 0 Å². The third-order valence-corrected chi connectivity index (χ3v) is 3.85. The number of ether oxygens (including phenoxy) is 1. The van der Waals surface area contributed by atoms with Crippen LogP contribution in [0.2, 0.25) is 0 Å². The van der Waals surface area contributed by atoms with Gasteiger partial charge < -0.3 is 9.84 Å². The summed E-state index contributed by atoms with van der Waals surface area (Å²) >= 11 is 0. The lowest BCUT2D eigenvalue weighted by Crippen LogP contribution is -2.33. The van der Waals surface area contributed by atoms with Crippen molar-refractivity contribution >= 4 is 6.16 Å². The van der Waals surface area contributed by atoms with Gasteiger partial charge in [0.15, 0.2) is 6.23 Å². The Morgan fingerprint density at radius 2 is 2.16 bits per heavy atom. The van der Waals surface area contributed by atoms with Crippen molar-refractivity contribution in [3.63, 3.8) is 0 Å². The zero-order valence-corrected chi connectivity index (χ0v) is 13.0. The lowest BCUT2D eigenvalue weighted by molar-refractivity contribution is -0.143. The Kier molecular flexibility index (Phi) is 4.05. The van der Waals surface area contributed by atoms with E-state index >= 15 is 0 Å². The molecule has 0 unspecified atom stereocenters. The molecule has 2 aromatic rings. The van der Waals surface area contributed by atoms with E-state index in [2.05, 4.69) is 14.9 Å². The monoisotopic (exact) mass is 361 g/mol. The van der Waals surface area contributed by atoms with E-state index in [1.165, 1.54) is 0 Å². The minimum atomic E-state index is -4.56. The molecule has 25 heavy (non-hydrogen) atoms. The van der Waals surface area contributed by atoms with E-state index in [9.17, 15) is 22.8 Å². The van der Waals surface area contributed by atoms with Crippen molar-refractivity contribution in [3.05, 3.63) is 33.8 Å². The number of fused-ring (bicyclic) bond motifs is 1. The Morgan fingerprint density at radius 1 is 1.44 bits per heavy atom. The molecule has 0 saturated carbocycles. The molecule has 0 spiro atoms. The van der Waals surface area contributed by atoms with Crippen LogP contribution in [0.1, 0.15) is 36.3 Å². The maximum Gasteiger partial charge on any atom is 0.507 e. The Balaban J connectivity index is 1.92. The van der Waals surface area contributed by atoms with Crippen LogP contribution in [0.25, 0.3) is 0 Å². The van der Waals surface area contributed by atoms with E-state index in [-0.39, 0.29) is 12.2 Å². The second-order valence-corrected chi connectivity index (χ2v) is 5.60. The standard InChI is InChI=1S/C13H14F3N5O4/c1-19-8(13(14,15)16)5-7(17-19)6-20-11(22)21-9(18-20)3-2-4-10(21)25-12(23)24/h5,10H,2-4,6H2,1H3,(H,23,24)/t10-/m0/s1. The smallest absolute Gasteiger partial charge is 0.450 e. The lowest BCUT2D eigenvalue weighted by atomic mass is 10.1. The van der Waals surface area contributed by atoms with Gasteiger partial charge in [0.2, 0.25) is 0 Å². The lowest BCUT2D eigenvalue weighted by Gasteiger charge is -2.21. The highest BCUT2D eigenvalue weighted by molar-refractivity contribution is 5.56. The second-order valence-electron chi connectivity index (χ2n) is 5.60. The molecule has 1 atom stereocenters. The van der Waals surface area contributed by atoms with Gasteiger partial charge in [-0.15, -0.1) is 0 Å². The summed E-state index contributed by atoms with van der Waals surface area (Å²) < 4.78 is 45.9. The molecular formula is C13H14F3N5O4. The zero-order valence-electron chi connectivity index (χ0n) is 13.0. The largest absolute Gasteiger partial charge is 0.507 e. The minimum Gasteiger partial charge on any atom is -0.450 e. The van der Waals surface area contributed by atoms with Gasteiger partial charge in [-0.05, 0) is 12.5 Å². The summed E-state index contributed by atoms with van der Waals surface area (Å²) in [6.07, 6.45) is -5.71. The normalized spacial score (nSPS) is 17.4. The predicted octanol–water partition coefficient (Wildman–Crippen LogP) is 1.37. The molecule has 3 rings (SSSR count). The molecule has 0 radical (unpaired) electrons. The average molecular weight is 361 g/mol. The Labute approximate surface area is 138 Å². The molecule has 1 aliphatic rings. The SMILES string of the molecule is Cn1nc(Cn2nc3n(c2=O)[C@@H](OC(=O)O)CCC3)cc1C(F)(F)F. The number of carboxylic acid groups (broad SMARTS) is 1. The molecule has 0 aromatic carbocycles. The third kappa shape index (κ3) is 3.23. The maximum atomic E-state index is 12.8. The van der Waals surface area contributed by atoms with Crippen LogP contribution in [-0.2, 0) is 30.9 Å². The van der Waals surface area contributed by atoms with Gasteiger partial charge in [0, 0.05) is 19.9 Å². The predicted molar refractivity (Wildman–Crippen MR) is 74.9 cm³/mol. The highest BCUT2D eigenvalue weighted by Crippen LogP contribution is 2.29. The summed E-state index contributed by atoms with van der Waals surface area (Å²) in [5, 5.41) is 16.6. The van der Waals surface area contributed by atoms with Crippen LogP contribution in [0, 0.1) is 0 Å². The number of halogens is 3. The second kappa shape index (κ2) is 5.93. The molecule has 1 aliphatic heterocycles. The average Bonchev–Trinajstić information content (AvgIpc) is 3.00. The number of alkyl halides is 3. The van der Waals surface area contributed by atoms with E-state index in [0.717, 1.165) is 22.4 Å². The van der Waals surface area contributed by atoms with Crippen LogP contribution < -0.4 is 5.69 Å². The quantitative estimate of drug-likeness (QED) is 0.828. The first kappa shape index (κ1) is 17.0. The van der Waals surface area contributed by atoms with Crippen LogP contribution in [0.15, 0.2) is 10.9 Å². The van der Waals surface area contributed by atoms with Gasteiger partial charge in [-0.1, -0.05) is 0 Å². The van der Waals surface area contributed by atoms with Gasteiger partial charge in [-0.3, -0.25) is 4.68 Å². The number of aromatic nitrogens is 5. The van der Waals surface area contributed by atoms with E-state index in [0.29, 0.717) is 29.8 Å². The number of rotatable bonds is 3. The van der Waals surface area contributed by atoms with Crippen molar-refractivity contribution in [1.29, 1.82) is 0 Å². The van der Waals surface area contributed by atoms with Gasteiger partial charge in [0.1, 0.15) is 11.5 Å². The fraction of sp³-hybridized carbons (Fsp3) is 0.538. The summed E-state index contributed by atoms with van der Waals surface area (Å²) in [6.45, 7) is -0.261. The van der Waals surface area contributed by atoms with Crippen molar-refractivity contribution in [1.82, 2.24) is 24.1 Å². The number of nitrogens with zero attached hydrogens (tertiary/aromatic N) is 5. The van der Waals surface area contributed by atoms with E-state index in [1.54, 1.807) is 0 Å². The molecule has 9 nitrogen and oxygen atoms in total. The molecule has 136 valence electrons. The van der Waals surface area contributed by atoms with Crippen LogP contribution in [0.3, 0.4) is 0 Å².